The van der Waals surface area contributed by atoms with Crippen LogP contribution in [0.5, 0.6) is 5.75 Å². The number of hydrazine groups is 1. The lowest BCUT2D eigenvalue weighted by atomic mass is 10.2. The zero-order chi connectivity index (χ0) is 12.7. The van der Waals surface area contributed by atoms with Crippen LogP contribution in [0.25, 0.3) is 0 Å². The van der Waals surface area contributed by atoms with E-state index in [1.807, 2.05) is 0 Å². The van der Waals surface area contributed by atoms with Gasteiger partial charge in [-0.05, 0) is 30.9 Å². The van der Waals surface area contributed by atoms with Crippen LogP contribution < -0.4 is 4.83 Å². The number of halogens is 2. The van der Waals surface area contributed by atoms with Gasteiger partial charge in [-0.25, -0.2) is 14.4 Å². The Kier molecular flexibility index (Phi) is 3.19. The molecule has 0 aromatic heterocycles. The molecule has 2 N–H and O–H groups in total. The van der Waals surface area contributed by atoms with E-state index in [2.05, 4.69) is 14.8 Å². The second-order valence-electron chi connectivity index (χ2n) is 4.25. The molecule has 1 atom stereocenters. The molecule has 0 amide bonds. The smallest absolute Gasteiger partial charge is 0.150 e. The average molecular weight is 288 g/mol. The summed E-state index contributed by atoms with van der Waals surface area (Å²) in [7, 11) is 0. The number of aliphatic imine (C=N–C) groups is 1. The minimum Gasteiger partial charge on any atom is -0.506 e. The van der Waals surface area contributed by atoms with E-state index in [0.717, 1.165) is 30.5 Å². The summed E-state index contributed by atoms with van der Waals surface area (Å²) in [5.41, 5.74) is 0.120. The van der Waals surface area contributed by atoms with Crippen LogP contribution in [0, 0.1) is 5.82 Å². The van der Waals surface area contributed by atoms with Crippen molar-refractivity contribution >= 4 is 34.3 Å². The summed E-state index contributed by atoms with van der Waals surface area (Å²) in [6.07, 6.45) is 2.12. The molecule has 2 heterocycles. The largest absolute Gasteiger partial charge is 0.506 e. The van der Waals surface area contributed by atoms with Crippen molar-refractivity contribution in [3.63, 3.8) is 0 Å². The Morgan fingerprint density at radius 2 is 2.39 bits per heavy atom. The van der Waals surface area contributed by atoms with Gasteiger partial charge in [0.05, 0.1) is 11.1 Å². The zero-order valence-electron chi connectivity index (χ0n) is 9.36. The second-order valence-corrected chi connectivity index (χ2v) is 5.46. The van der Waals surface area contributed by atoms with Gasteiger partial charge in [0.15, 0.2) is 5.82 Å². The SMILES string of the molecule is Oc1cc(/N=C2\SNN3CCC[C@@H]23)c(F)cc1Cl. The minimum atomic E-state index is -0.526. The number of hydrogen-bond acceptors (Lipinski definition) is 5. The van der Waals surface area contributed by atoms with Crippen molar-refractivity contribution in [2.24, 2.45) is 4.99 Å². The maximum absolute atomic E-state index is 13.7. The van der Waals surface area contributed by atoms with Gasteiger partial charge in [0.2, 0.25) is 0 Å². The number of nitrogens with one attached hydrogen (secondary N) is 1. The fourth-order valence-corrected chi connectivity index (χ4v) is 3.24. The maximum atomic E-state index is 13.7. The molecule has 0 unspecified atom stereocenters. The number of phenolic OH excluding ortho intramolecular Hbond substituents is 1. The van der Waals surface area contributed by atoms with E-state index in [1.165, 1.54) is 18.0 Å². The first-order valence-electron chi connectivity index (χ1n) is 5.61. The van der Waals surface area contributed by atoms with Crippen LogP contribution >= 0.6 is 23.5 Å². The molecule has 1 aromatic carbocycles. The number of aromatic hydroxyl groups is 1. The average Bonchev–Trinajstić information content (AvgIpc) is 2.90. The van der Waals surface area contributed by atoms with E-state index in [0.29, 0.717) is 0 Å². The van der Waals surface area contributed by atoms with E-state index in [9.17, 15) is 9.50 Å². The molecule has 2 fully saturated rings. The van der Waals surface area contributed by atoms with Crippen LogP contribution in [0.4, 0.5) is 10.1 Å². The molecule has 0 aliphatic carbocycles. The van der Waals surface area contributed by atoms with Crippen molar-refractivity contribution in [3.8, 4) is 5.75 Å². The van der Waals surface area contributed by atoms with Gasteiger partial charge >= 0.3 is 0 Å². The molecule has 96 valence electrons. The van der Waals surface area contributed by atoms with Gasteiger partial charge in [-0.3, -0.25) is 0 Å². The Morgan fingerprint density at radius 3 is 3.22 bits per heavy atom. The fourth-order valence-electron chi connectivity index (χ4n) is 2.13. The van der Waals surface area contributed by atoms with E-state index in [1.54, 1.807) is 0 Å². The number of hydrogen-bond donors (Lipinski definition) is 2. The van der Waals surface area contributed by atoms with Crippen molar-refractivity contribution in [1.29, 1.82) is 0 Å². The molecule has 4 nitrogen and oxygen atoms in total. The van der Waals surface area contributed by atoms with Gasteiger partial charge in [-0.2, -0.15) is 4.83 Å². The number of phenols is 1. The summed E-state index contributed by atoms with van der Waals surface area (Å²) in [6.45, 7) is 0.977. The summed E-state index contributed by atoms with van der Waals surface area (Å²) in [4.78, 5) is 7.43. The zero-order valence-corrected chi connectivity index (χ0v) is 10.9. The monoisotopic (exact) mass is 287 g/mol. The first-order chi connectivity index (χ1) is 8.65. The van der Waals surface area contributed by atoms with Crippen molar-refractivity contribution < 1.29 is 9.50 Å². The van der Waals surface area contributed by atoms with Gasteiger partial charge in [0.1, 0.15) is 16.5 Å². The van der Waals surface area contributed by atoms with Gasteiger partial charge in [0.25, 0.3) is 0 Å². The topological polar surface area (TPSA) is 47.9 Å². The predicted molar refractivity (Wildman–Crippen MR) is 70.6 cm³/mol. The second kappa shape index (κ2) is 4.70. The third kappa shape index (κ3) is 2.09. The van der Waals surface area contributed by atoms with Crippen LogP contribution in [0.1, 0.15) is 12.8 Å². The lowest BCUT2D eigenvalue weighted by molar-refractivity contribution is 0.291. The number of fused-ring (bicyclic) bond motifs is 1. The van der Waals surface area contributed by atoms with Crippen LogP contribution in [0.15, 0.2) is 17.1 Å². The van der Waals surface area contributed by atoms with Crippen molar-refractivity contribution in [1.82, 2.24) is 9.84 Å². The molecule has 1 aromatic rings. The van der Waals surface area contributed by atoms with Gasteiger partial charge in [-0.1, -0.05) is 11.6 Å². The molecule has 2 aliphatic heterocycles. The van der Waals surface area contributed by atoms with Crippen molar-refractivity contribution in [3.05, 3.63) is 23.0 Å². The molecule has 0 radical (unpaired) electrons. The molecular weight excluding hydrogens is 277 g/mol. The summed E-state index contributed by atoms with van der Waals surface area (Å²) in [5.74, 6) is -0.681. The molecule has 3 rings (SSSR count). The number of benzene rings is 1. The quantitative estimate of drug-likeness (QED) is 0.780. The summed E-state index contributed by atoms with van der Waals surface area (Å²) < 4.78 is 13.7. The molecule has 7 heteroatoms. The Bertz CT molecular complexity index is 525. The van der Waals surface area contributed by atoms with Crippen LogP contribution in [0.3, 0.4) is 0 Å². The highest BCUT2D eigenvalue weighted by Crippen LogP contribution is 2.34. The molecule has 2 aliphatic rings. The lowest BCUT2D eigenvalue weighted by Crippen LogP contribution is -2.31. The Hall–Kier alpha value is -0.820. The molecule has 18 heavy (non-hydrogen) atoms. The Labute approximate surface area is 113 Å². The van der Waals surface area contributed by atoms with Crippen molar-refractivity contribution in [2.45, 2.75) is 18.9 Å². The van der Waals surface area contributed by atoms with Crippen molar-refractivity contribution in [2.75, 3.05) is 6.54 Å². The van der Waals surface area contributed by atoms with E-state index in [4.69, 9.17) is 11.6 Å². The highest BCUT2D eigenvalue weighted by atomic mass is 35.5. The van der Waals surface area contributed by atoms with Crippen LogP contribution in [-0.4, -0.2) is 27.7 Å². The number of nitrogens with zero attached hydrogens (tertiary/aromatic N) is 2. The Balaban J connectivity index is 1.94. The van der Waals surface area contributed by atoms with E-state index < -0.39 is 5.82 Å². The number of rotatable bonds is 1. The van der Waals surface area contributed by atoms with Gasteiger partial charge in [-0.15, -0.1) is 0 Å². The minimum absolute atomic E-state index is 0.00357. The predicted octanol–water partition coefficient (Wildman–Crippen LogP) is 2.85. The molecule has 2 saturated heterocycles. The van der Waals surface area contributed by atoms with Crippen LogP contribution in [-0.2, 0) is 0 Å². The lowest BCUT2D eigenvalue weighted by Gasteiger charge is -2.11. The summed E-state index contributed by atoms with van der Waals surface area (Å²) in [6, 6.07) is 2.55. The van der Waals surface area contributed by atoms with Crippen LogP contribution in [0.2, 0.25) is 5.02 Å². The molecule has 0 bridgehead atoms. The maximum Gasteiger partial charge on any atom is 0.150 e. The highest BCUT2D eigenvalue weighted by Gasteiger charge is 2.35. The first-order valence-corrected chi connectivity index (χ1v) is 6.80. The normalized spacial score (nSPS) is 25.9. The Morgan fingerprint density at radius 1 is 1.56 bits per heavy atom. The van der Waals surface area contributed by atoms with E-state index in [-0.39, 0.29) is 22.5 Å². The molecular formula is C11H11ClFN3OS. The van der Waals surface area contributed by atoms with Gasteiger partial charge < -0.3 is 5.11 Å². The van der Waals surface area contributed by atoms with E-state index >= 15 is 0 Å². The third-order valence-corrected chi connectivity index (χ3v) is 4.25. The fraction of sp³-hybridized carbons (Fsp3) is 0.364. The van der Waals surface area contributed by atoms with Gasteiger partial charge in [0, 0.05) is 12.6 Å². The summed E-state index contributed by atoms with van der Waals surface area (Å²) in [5, 5.41) is 12.4. The highest BCUT2D eigenvalue weighted by molar-refractivity contribution is 8.12. The molecule has 0 saturated carbocycles. The molecule has 0 spiro atoms. The standard InChI is InChI=1S/C11H11ClFN3OS/c12-6-4-7(13)8(5-10(6)17)14-11-9-2-1-3-16(9)15-18-11/h4-5,9,15,17H,1-3H2/b14-11-/t9-/m0/s1. The summed E-state index contributed by atoms with van der Waals surface area (Å²) >= 11 is 7.02. The first kappa shape index (κ1) is 12.2. The third-order valence-electron chi connectivity index (χ3n) is 3.05.